The molecule has 0 bridgehead atoms. The average molecular weight is 826 g/mol. The van der Waals surface area contributed by atoms with Crippen LogP contribution in [0.3, 0.4) is 0 Å². The molecule has 0 spiro atoms. The standard InChI is InChI=1S/C64H43N/c1-2-12-44(13-3-1)45-24-26-46(27-25-45)47-30-36-55(37-31-47)65(56-38-32-48(33-39-56)52-34-40-61-53(42-52)29-28-51-16-6-8-20-58(51)61)64-43-54(60-22-10-17-49-14-4-7-19-57(49)60)35-41-63(64)62-23-11-18-50-15-5-9-21-59(50)62/h1-43H. The Morgan fingerprint density at radius 3 is 1.25 bits per heavy atom. The van der Waals surface area contributed by atoms with Gasteiger partial charge in [0.25, 0.3) is 0 Å². The molecule has 0 fully saturated rings. The molecule has 65 heavy (non-hydrogen) atoms. The highest BCUT2D eigenvalue weighted by molar-refractivity contribution is 6.09. The third-order valence-corrected chi connectivity index (χ3v) is 13.1. The van der Waals surface area contributed by atoms with Crippen LogP contribution in [0.4, 0.5) is 17.1 Å². The van der Waals surface area contributed by atoms with E-state index in [4.69, 9.17) is 0 Å². The fourth-order valence-electron chi connectivity index (χ4n) is 9.76. The van der Waals surface area contributed by atoms with Crippen LogP contribution in [0.25, 0.3) is 98.7 Å². The molecule has 0 saturated carbocycles. The van der Waals surface area contributed by atoms with Crippen molar-refractivity contribution in [1.29, 1.82) is 0 Å². The zero-order valence-electron chi connectivity index (χ0n) is 35.8. The number of benzene rings is 12. The minimum absolute atomic E-state index is 1.08. The summed E-state index contributed by atoms with van der Waals surface area (Å²) in [5.74, 6) is 0. The van der Waals surface area contributed by atoms with Gasteiger partial charge in [-0.1, -0.05) is 224 Å². The first-order valence-electron chi connectivity index (χ1n) is 22.4. The normalized spacial score (nSPS) is 11.4. The maximum atomic E-state index is 2.45. The molecule has 0 aliphatic heterocycles. The maximum absolute atomic E-state index is 2.45. The van der Waals surface area contributed by atoms with Crippen molar-refractivity contribution in [3.05, 3.63) is 261 Å². The third-order valence-electron chi connectivity index (χ3n) is 13.1. The van der Waals surface area contributed by atoms with E-state index in [1.807, 2.05) is 0 Å². The van der Waals surface area contributed by atoms with Crippen LogP contribution in [0.1, 0.15) is 0 Å². The Balaban J connectivity index is 1.02. The number of nitrogens with zero attached hydrogens (tertiary/aromatic N) is 1. The van der Waals surface area contributed by atoms with Gasteiger partial charge in [0.2, 0.25) is 0 Å². The number of rotatable bonds is 8. The van der Waals surface area contributed by atoms with Crippen LogP contribution >= 0.6 is 0 Å². The molecule has 12 aromatic carbocycles. The van der Waals surface area contributed by atoms with Gasteiger partial charge < -0.3 is 4.90 Å². The van der Waals surface area contributed by atoms with Crippen LogP contribution in [0.15, 0.2) is 261 Å². The van der Waals surface area contributed by atoms with Crippen LogP contribution in [0.2, 0.25) is 0 Å². The first kappa shape index (κ1) is 38.2. The first-order valence-corrected chi connectivity index (χ1v) is 22.4. The Kier molecular flexibility index (Phi) is 9.58. The Labute approximate surface area is 379 Å². The highest BCUT2D eigenvalue weighted by Crippen LogP contribution is 2.46. The summed E-state index contributed by atoms with van der Waals surface area (Å²) >= 11 is 0. The summed E-state index contributed by atoms with van der Waals surface area (Å²) in [5.41, 5.74) is 15.2. The van der Waals surface area contributed by atoms with Crippen molar-refractivity contribution in [1.82, 2.24) is 0 Å². The maximum Gasteiger partial charge on any atom is 0.0546 e. The van der Waals surface area contributed by atoms with Crippen molar-refractivity contribution in [3.8, 4) is 55.6 Å². The largest absolute Gasteiger partial charge is 0.310 e. The molecule has 0 amide bonds. The van der Waals surface area contributed by atoms with Crippen LogP contribution in [0, 0.1) is 0 Å². The SMILES string of the molecule is c1ccc(-c2ccc(-c3ccc(N(c4ccc(-c5ccc6c(ccc7ccccc76)c5)cc4)c4cc(-c5cccc6ccccc56)ccc4-c4cccc5ccccc45)cc3)cc2)cc1. The van der Waals surface area contributed by atoms with Gasteiger partial charge in [0.15, 0.2) is 0 Å². The summed E-state index contributed by atoms with van der Waals surface area (Å²) in [7, 11) is 0. The number of fused-ring (bicyclic) bond motifs is 5. The van der Waals surface area contributed by atoms with E-state index >= 15 is 0 Å². The lowest BCUT2D eigenvalue weighted by molar-refractivity contribution is 1.28. The zero-order valence-corrected chi connectivity index (χ0v) is 35.8. The highest BCUT2D eigenvalue weighted by Gasteiger charge is 2.21. The first-order chi connectivity index (χ1) is 32.2. The molecule has 12 rings (SSSR count). The van der Waals surface area contributed by atoms with E-state index in [9.17, 15) is 0 Å². The van der Waals surface area contributed by atoms with Crippen LogP contribution < -0.4 is 4.90 Å². The Morgan fingerprint density at radius 2 is 0.615 bits per heavy atom. The van der Waals surface area contributed by atoms with E-state index in [1.165, 1.54) is 93.2 Å². The second-order valence-electron chi connectivity index (χ2n) is 16.9. The van der Waals surface area contributed by atoms with Crippen molar-refractivity contribution in [2.75, 3.05) is 4.90 Å². The fourth-order valence-corrected chi connectivity index (χ4v) is 9.76. The quantitative estimate of drug-likeness (QED) is 0.138. The second-order valence-corrected chi connectivity index (χ2v) is 16.9. The second kappa shape index (κ2) is 16.3. The van der Waals surface area contributed by atoms with Gasteiger partial charge in [-0.05, 0) is 130 Å². The molecule has 1 heteroatoms. The molecule has 0 radical (unpaired) electrons. The molecule has 1 nitrogen and oxygen atoms in total. The summed E-state index contributed by atoms with van der Waals surface area (Å²) in [6, 6.07) is 95.4. The summed E-state index contributed by atoms with van der Waals surface area (Å²) in [4.78, 5) is 2.45. The Morgan fingerprint density at radius 1 is 0.200 bits per heavy atom. The van der Waals surface area contributed by atoms with Crippen molar-refractivity contribution >= 4 is 60.2 Å². The molecule has 0 aromatic heterocycles. The van der Waals surface area contributed by atoms with E-state index in [1.54, 1.807) is 0 Å². The van der Waals surface area contributed by atoms with Crippen molar-refractivity contribution in [3.63, 3.8) is 0 Å². The van der Waals surface area contributed by atoms with Gasteiger partial charge in [-0.15, -0.1) is 0 Å². The van der Waals surface area contributed by atoms with E-state index in [0.29, 0.717) is 0 Å². The zero-order chi connectivity index (χ0) is 43.1. The van der Waals surface area contributed by atoms with Gasteiger partial charge in [-0.3, -0.25) is 0 Å². The summed E-state index contributed by atoms with van der Waals surface area (Å²) in [6.45, 7) is 0. The number of anilines is 3. The Hall–Kier alpha value is -8.52. The number of hydrogen-bond donors (Lipinski definition) is 0. The molecule has 12 aromatic rings. The van der Waals surface area contributed by atoms with E-state index < -0.39 is 0 Å². The van der Waals surface area contributed by atoms with E-state index in [-0.39, 0.29) is 0 Å². The molecule has 0 saturated heterocycles. The monoisotopic (exact) mass is 825 g/mol. The molecular formula is C64H43N. The molecule has 0 aliphatic rings. The third kappa shape index (κ3) is 7.10. The average Bonchev–Trinajstić information content (AvgIpc) is 3.39. The summed E-state index contributed by atoms with van der Waals surface area (Å²) < 4.78 is 0. The van der Waals surface area contributed by atoms with Gasteiger partial charge in [-0.2, -0.15) is 0 Å². The van der Waals surface area contributed by atoms with Crippen molar-refractivity contribution < 1.29 is 0 Å². The molecule has 0 N–H and O–H groups in total. The molecule has 0 aliphatic carbocycles. The van der Waals surface area contributed by atoms with Gasteiger partial charge in [-0.25, -0.2) is 0 Å². The molecule has 0 unspecified atom stereocenters. The summed E-state index contributed by atoms with van der Waals surface area (Å²) in [5, 5.41) is 9.97. The predicted molar refractivity (Wildman–Crippen MR) is 278 cm³/mol. The van der Waals surface area contributed by atoms with Crippen LogP contribution in [-0.2, 0) is 0 Å². The van der Waals surface area contributed by atoms with E-state index in [0.717, 1.165) is 22.6 Å². The van der Waals surface area contributed by atoms with E-state index in [2.05, 4.69) is 266 Å². The van der Waals surface area contributed by atoms with Gasteiger partial charge in [0.05, 0.1) is 5.69 Å². The van der Waals surface area contributed by atoms with Gasteiger partial charge >= 0.3 is 0 Å². The Bertz CT molecular complexity index is 3670. The minimum atomic E-state index is 1.08. The topological polar surface area (TPSA) is 3.24 Å². The minimum Gasteiger partial charge on any atom is -0.310 e. The molecular weight excluding hydrogens is 783 g/mol. The van der Waals surface area contributed by atoms with Crippen molar-refractivity contribution in [2.45, 2.75) is 0 Å². The molecule has 0 atom stereocenters. The lowest BCUT2D eigenvalue weighted by Crippen LogP contribution is -2.11. The lowest BCUT2D eigenvalue weighted by atomic mass is 9.92. The number of hydrogen-bond acceptors (Lipinski definition) is 1. The fraction of sp³-hybridized carbons (Fsp3) is 0. The smallest absolute Gasteiger partial charge is 0.0546 e. The van der Waals surface area contributed by atoms with Gasteiger partial charge in [0.1, 0.15) is 0 Å². The lowest BCUT2D eigenvalue weighted by Gasteiger charge is -2.29. The van der Waals surface area contributed by atoms with Gasteiger partial charge in [0, 0.05) is 16.9 Å². The molecule has 0 heterocycles. The van der Waals surface area contributed by atoms with Crippen LogP contribution in [0.5, 0.6) is 0 Å². The summed E-state index contributed by atoms with van der Waals surface area (Å²) in [6.07, 6.45) is 0. The van der Waals surface area contributed by atoms with Crippen LogP contribution in [-0.4, -0.2) is 0 Å². The highest BCUT2D eigenvalue weighted by atomic mass is 15.1. The predicted octanol–water partition coefficient (Wildman–Crippen LogP) is 18.1. The molecule has 304 valence electrons. The van der Waals surface area contributed by atoms with Crippen molar-refractivity contribution in [2.24, 2.45) is 0 Å².